The number of aliphatic hydroxyl groups is 1. The molecule has 1 saturated heterocycles. The fourth-order valence-electron chi connectivity index (χ4n) is 1.67. The van der Waals surface area contributed by atoms with Crippen molar-refractivity contribution in [2.45, 2.75) is 32.0 Å². The van der Waals surface area contributed by atoms with E-state index >= 15 is 0 Å². The first kappa shape index (κ1) is 9.48. The maximum Gasteiger partial charge on any atom is 0.323 e. The summed E-state index contributed by atoms with van der Waals surface area (Å²) in [5.41, 5.74) is 0. The Bertz CT molecular complexity index is 172. The van der Waals surface area contributed by atoms with Gasteiger partial charge in [0.25, 0.3) is 0 Å². The molecule has 2 atom stereocenters. The van der Waals surface area contributed by atoms with Crippen LogP contribution < -0.4 is 0 Å². The van der Waals surface area contributed by atoms with Gasteiger partial charge in [0, 0.05) is 0 Å². The van der Waals surface area contributed by atoms with E-state index in [9.17, 15) is 9.90 Å². The Hall–Kier alpha value is -0.610. The van der Waals surface area contributed by atoms with Crippen LogP contribution in [-0.4, -0.2) is 41.9 Å². The first-order chi connectivity index (χ1) is 5.70. The average molecular weight is 173 g/mol. The highest BCUT2D eigenvalue weighted by Gasteiger charge is 2.36. The van der Waals surface area contributed by atoms with Gasteiger partial charge in [-0.2, -0.15) is 0 Å². The van der Waals surface area contributed by atoms with Crippen molar-refractivity contribution in [1.82, 2.24) is 4.90 Å². The SMILES string of the molecule is CCN1C(O)CCC1C(=O)OC. The molecule has 0 spiro atoms. The lowest BCUT2D eigenvalue weighted by atomic mass is 10.2. The first-order valence-corrected chi connectivity index (χ1v) is 4.22. The topological polar surface area (TPSA) is 49.8 Å². The standard InChI is InChI=1S/C8H15NO3/c1-3-9-6(8(11)12-2)4-5-7(9)10/h6-7,10H,3-5H2,1-2H3. The predicted octanol–water partition coefficient (Wildman–Crippen LogP) is -0.0379. The molecule has 12 heavy (non-hydrogen) atoms. The third-order valence-corrected chi connectivity index (χ3v) is 2.32. The number of likely N-dealkylation sites (tertiary alicyclic amines) is 1. The number of carbonyl (C=O) groups excluding carboxylic acids is 1. The van der Waals surface area contributed by atoms with E-state index in [1.165, 1.54) is 7.11 Å². The summed E-state index contributed by atoms with van der Waals surface area (Å²) in [6.07, 6.45) is 0.883. The Morgan fingerprint density at radius 2 is 2.33 bits per heavy atom. The summed E-state index contributed by atoms with van der Waals surface area (Å²) >= 11 is 0. The van der Waals surface area contributed by atoms with Gasteiger partial charge in [0.05, 0.1) is 7.11 Å². The second-order valence-corrected chi connectivity index (χ2v) is 2.93. The fourth-order valence-corrected chi connectivity index (χ4v) is 1.67. The van der Waals surface area contributed by atoms with E-state index < -0.39 is 6.23 Å². The molecular weight excluding hydrogens is 158 g/mol. The Kier molecular flexibility index (Phi) is 3.05. The molecule has 0 amide bonds. The lowest BCUT2D eigenvalue weighted by Crippen LogP contribution is -2.41. The third kappa shape index (κ3) is 1.59. The molecule has 1 rings (SSSR count). The van der Waals surface area contributed by atoms with Crippen molar-refractivity contribution < 1.29 is 14.6 Å². The molecule has 1 aliphatic heterocycles. The van der Waals surface area contributed by atoms with Gasteiger partial charge in [-0.15, -0.1) is 0 Å². The molecule has 0 aromatic carbocycles. The van der Waals surface area contributed by atoms with Crippen LogP contribution in [0.15, 0.2) is 0 Å². The van der Waals surface area contributed by atoms with Gasteiger partial charge in [0.1, 0.15) is 12.3 Å². The van der Waals surface area contributed by atoms with Crippen LogP contribution in [0.1, 0.15) is 19.8 Å². The van der Waals surface area contributed by atoms with Gasteiger partial charge in [-0.25, -0.2) is 0 Å². The van der Waals surface area contributed by atoms with E-state index in [1.54, 1.807) is 4.90 Å². The maximum atomic E-state index is 11.2. The van der Waals surface area contributed by atoms with Crippen LogP contribution in [0.2, 0.25) is 0 Å². The molecule has 1 fully saturated rings. The molecule has 70 valence electrons. The lowest BCUT2D eigenvalue weighted by Gasteiger charge is -2.23. The quantitative estimate of drug-likeness (QED) is 0.595. The third-order valence-electron chi connectivity index (χ3n) is 2.32. The highest BCUT2D eigenvalue weighted by Crippen LogP contribution is 2.22. The van der Waals surface area contributed by atoms with Gasteiger partial charge in [-0.05, 0) is 19.4 Å². The lowest BCUT2D eigenvalue weighted by molar-refractivity contribution is -0.148. The van der Waals surface area contributed by atoms with Gasteiger partial charge in [-0.3, -0.25) is 9.69 Å². The normalized spacial score (nSPS) is 30.6. The minimum atomic E-state index is -0.473. The number of hydrogen-bond acceptors (Lipinski definition) is 4. The van der Waals surface area contributed by atoms with E-state index in [-0.39, 0.29) is 12.0 Å². The largest absolute Gasteiger partial charge is 0.468 e. The fraction of sp³-hybridized carbons (Fsp3) is 0.875. The first-order valence-electron chi connectivity index (χ1n) is 4.22. The number of rotatable bonds is 2. The van der Waals surface area contributed by atoms with E-state index in [0.29, 0.717) is 19.4 Å². The minimum absolute atomic E-state index is 0.241. The number of ether oxygens (including phenoxy) is 1. The zero-order valence-electron chi connectivity index (χ0n) is 7.49. The summed E-state index contributed by atoms with van der Waals surface area (Å²) in [6.45, 7) is 2.60. The number of hydrogen-bond donors (Lipinski definition) is 1. The van der Waals surface area contributed by atoms with Crippen molar-refractivity contribution in [3.05, 3.63) is 0 Å². The summed E-state index contributed by atoms with van der Waals surface area (Å²) in [7, 11) is 1.38. The number of carbonyl (C=O) groups is 1. The van der Waals surface area contributed by atoms with Crippen LogP contribution >= 0.6 is 0 Å². The van der Waals surface area contributed by atoms with Crippen molar-refractivity contribution in [3.8, 4) is 0 Å². The summed E-state index contributed by atoms with van der Waals surface area (Å²) in [4.78, 5) is 12.9. The molecular formula is C8H15NO3. The molecule has 1 N–H and O–H groups in total. The van der Waals surface area contributed by atoms with Gasteiger partial charge in [-0.1, -0.05) is 6.92 Å². The van der Waals surface area contributed by atoms with E-state index in [1.807, 2.05) is 6.92 Å². The number of aliphatic hydroxyl groups excluding tert-OH is 1. The summed E-state index contributed by atoms with van der Waals surface area (Å²) < 4.78 is 4.62. The van der Waals surface area contributed by atoms with Crippen molar-refractivity contribution in [1.29, 1.82) is 0 Å². The molecule has 0 aromatic heterocycles. The number of methoxy groups -OCH3 is 1. The Labute approximate surface area is 72.1 Å². The molecule has 0 radical (unpaired) electrons. The second kappa shape index (κ2) is 3.87. The summed E-state index contributed by atoms with van der Waals surface area (Å²) in [6, 6.07) is -0.241. The molecule has 4 heteroatoms. The van der Waals surface area contributed by atoms with Crippen molar-refractivity contribution in [2.24, 2.45) is 0 Å². The van der Waals surface area contributed by atoms with Crippen molar-refractivity contribution in [2.75, 3.05) is 13.7 Å². The number of esters is 1. The molecule has 0 saturated carbocycles. The van der Waals surface area contributed by atoms with Crippen LogP contribution in [0.25, 0.3) is 0 Å². The van der Waals surface area contributed by atoms with Crippen molar-refractivity contribution >= 4 is 5.97 Å². The van der Waals surface area contributed by atoms with Crippen LogP contribution in [0.4, 0.5) is 0 Å². The molecule has 1 aliphatic rings. The molecule has 4 nitrogen and oxygen atoms in total. The van der Waals surface area contributed by atoms with Crippen LogP contribution in [-0.2, 0) is 9.53 Å². The van der Waals surface area contributed by atoms with Crippen LogP contribution in [0.3, 0.4) is 0 Å². The Balaban J connectivity index is 2.60. The predicted molar refractivity (Wildman–Crippen MR) is 43.4 cm³/mol. The van der Waals surface area contributed by atoms with Gasteiger partial charge in [0.15, 0.2) is 0 Å². The zero-order chi connectivity index (χ0) is 9.14. The Morgan fingerprint density at radius 1 is 1.67 bits per heavy atom. The summed E-state index contributed by atoms with van der Waals surface area (Å²) in [5, 5.41) is 9.42. The Morgan fingerprint density at radius 3 is 2.83 bits per heavy atom. The highest BCUT2D eigenvalue weighted by molar-refractivity contribution is 5.76. The summed E-state index contributed by atoms with van der Waals surface area (Å²) in [5.74, 6) is -0.242. The van der Waals surface area contributed by atoms with Gasteiger partial charge < -0.3 is 9.84 Å². The van der Waals surface area contributed by atoms with E-state index in [4.69, 9.17) is 0 Å². The van der Waals surface area contributed by atoms with Gasteiger partial charge >= 0.3 is 5.97 Å². The average Bonchev–Trinajstić information content (AvgIpc) is 2.45. The maximum absolute atomic E-state index is 11.2. The van der Waals surface area contributed by atoms with Crippen LogP contribution in [0, 0.1) is 0 Å². The van der Waals surface area contributed by atoms with Crippen LogP contribution in [0.5, 0.6) is 0 Å². The molecule has 0 aromatic rings. The number of nitrogens with zero attached hydrogens (tertiary/aromatic N) is 1. The van der Waals surface area contributed by atoms with Crippen molar-refractivity contribution in [3.63, 3.8) is 0 Å². The molecule has 2 unspecified atom stereocenters. The molecule has 0 aliphatic carbocycles. The molecule has 1 heterocycles. The van der Waals surface area contributed by atoms with E-state index in [0.717, 1.165) is 0 Å². The minimum Gasteiger partial charge on any atom is -0.468 e. The second-order valence-electron chi connectivity index (χ2n) is 2.93. The smallest absolute Gasteiger partial charge is 0.323 e. The highest BCUT2D eigenvalue weighted by atomic mass is 16.5. The monoisotopic (exact) mass is 173 g/mol. The van der Waals surface area contributed by atoms with E-state index in [2.05, 4.69) is 4.74 Å². The zero-order valence-corrected chi connectivity index (χ0v) is 7.49. The molecule has 0 bridgehead atoms. The van der Waals surface area contributed by atoms with Gasteiger partial charge in [0.2, 0.25) is 0 Å². The number of likely N-dealkylation sites (N-methyl/N-ethyl adjacent to an activating group) is 1.